The zero-order valence-corrected chi connectivity index (χ0v) is 34.1. The summed E-state index contributed by atoms with van der Waals surface area (Å²) in [6.45, 7) is 6.33. The number of likely N-dealkylation sites (tertiary alicyclic amines) is 1. The molecule has 2 aliphatic rings. The minimum atomic E-state index is -0.955. The van der Waals surface area contributed by atoms with Gasteiger partial charge in [-0.05, 0) is 46.4 Å². The summed E-state index contributed by atoms with van der Waals surface area (Å²) in [5, 5.41) is 0.829. The molecule has 4 aromatic rings. The first-order chi connectivity index (χ1) is 24.9. The topological polar surface area (TPSA) is 66.9 Å². The number of likely N-dealkylation sites (N-methyl/N-ethyl adjacent to an activating group) is 2. The van der Waals surface area contributed by atoms with Crippen LogP contribution in [0.2, 0.25) is 10.0 Å². The molecule has 0 radical (unpaired) electrons. The van der Waals surface area contributed by atoms with Crippen molar-refractivity contribution in [3.63, 3.8) is 0 Å². The van der Waals surface area contributed by atoms with Crippen molar-refractivity contribution in [1.82, 2.24) is 14.7 Å². The van der Waals surface area contributed by atoms with Crippen LogP contribution in [0.5, 0.6) is 0 Å². The van der Waals surface area contributed by atoms with Crippen LogP contribution >= 0.6 is 35.6 Å². The summed E-state index contributed by atoms with van der Waals surface area (Å²) in [4.78, 5) is 34.4. The Kier molecular flexibility index (Phi) is 13.7. The smallest absolute Gasteiger partial charge is 0.224 e. The van der Waals surface area contributed by atoms with Crippen LogP contribution < -0.4 is 0 Å². The molecule has 0 bridgehead atoms. The molecule has 0 aliphatic carbocycles. The van der Waals surface area contributed by atoms with Gasteiger partial charge in [0.1, 0.15) is 5.75 Å². The number of nitrogens with zero attached hydrogens (tertiary/aromatic N) is 3. The molecule has 4 aromatic carbocycles. The van der Waals surface area contributed by atoms with Gasteiger partial charge in [-0.15, -0.1) is 12.4 Å². The van der Waals surface area contributed by atoms with Crippen LogP contribution in [0.1, 0.15) is 73.3 Å². The molecule has 282 valence electrons. The minimum absolute atomic E-state index is 0. The van der Waals surface area contributed by atoms with Crippen LogP contribution in [-0.4, -0.2) is 71.3 Å². The monoisotopic (exact) mass is 793 g/mol. The van der Waals surface area contributed by atoms with E-state index in [1.165, 1.54) is 11.1 Å². The molecule has 6 rings (SSSR count). The van der Waals surface area contributed by atoms with Gasteiger partial charge in [0, 0.05) is 82.5 Å². The summed E-state index contributed by atoms with van der Waals surface area (Å²) in [5.41, 5.74) is 4.47. The first kappa shape index (κ1) is 41.1. The third kappa shape index (κ3) is 8.61. The molecule has 2 aliphatic heterocycles. The summed E-state index contributed by atoms with van der Waals surface area (Å²) in [6, 6.07) is 34.3. The Hall–Kier alpha value is -3.04. The fourth-order valence-corrected chi connectivity index (χ4v) is 10.5. The standard InChI is InChI=1S/C43H49Cl2N3O3S.ClH/c1-31(2)41(50)46(3)30-42(35-19-20-38(44)39(45)27-35,21-24-48-25-22-43(23-26-48)37-18-12-11-17-34(37)29-52(43)51)47(4)40(49)28-36(32-13-7-5-8-14-32)33-15-9-6-10-16-33;/h5-20,27,31,36H,21-26,28-30H2,1-4H3;1H/t42?,52-;/m0./s1. The number of piperidine rings is 1. The molecule has 0 aromatic heterocycles. The number of fused-ring (bicyclic) bond motifs is 2. The van der Waals surface area contributed by atoms with E-state index in [2.05, 4.69) is 47.4 Å². The van der Waals surface area contributed by atoms with E-state index < -0.39 is 16.7 Å². The van der Waals surface area contributed by atoms with Crippen LogP contribution in [0.25, 0.3) is 0 Å². The first-order valence-electron chi connectivity index (χ1n) is 18.2. The molecule has 2 atom stereocenters. The number of amides is 2. The van der Waals surface area contributed by atoms with Crippen molar-refractivity contribution >= 4 is 58.6 Å². The number of benzene rings is 4. The van der Waals surface area contributed by atoms with E-state index in [0.29, 0.717) is 28.8 Å². The van der Waals surface area contributed by atoms with Gasteiger partial charge in [-0.25, -0.2) is 0 Å². The molecule has 0 saturated carbocycles. The minimum Gasteiger partial charge on any atom is -0.615 e. The van der Waals surface area contributed by atoms with E-state index in [0.717, 1.165) is 42.6 Å². The van der Waals surface area contributed by atoms with E-state index >= 15 is 0 Å². The average Bonchev–Trinajstić information content (AvgIpc) is 3.43. The number of rotatable bonds is 12. The Labute approximate surface area is 334 Å². The van der Waals surface area contributed by atoms with Crippen LogP contribution in [0.3, 0.4) is 0 Å². The lowest BCUT2D eigenvalue weighted by molar-refractivity contribution is -0.143. The molecule has 2 heterocycles. The van der Waals surface area contributed by atoms with E-state index in [1.807, 2.05) is 87.4 Å². The molecular weight excluding hydrogens is 745 g/mol. The van der Waals surface area contributed by atoms with Gasteiger partial charge in [0.2, 0.25) is 11.8 Å². The highest BCUT2D eigenvalue weighted by atomic mass is 35.5. The Morgan fingerprint density at radius 2 is 1.45 bits per heavy atom. The second-order valence-corrected chi connectivity index (χ2v) is 17.3. The normalized spacial score (nSPS) is 17.6. The van der Waals surface area contributed by atoms with Gasteiger partial charge in [-0.3, -0.25) is 9.59 Å². The Balaban J connectivity index is 0.00000541. The number of carbonyl (C=O) groups excluding carboxylic acids is 2. The van der Waals surface area contributed by atoms with E-state index in [1.54, 1.807) is 11.0 Å². The molecule has 10 heteroatoms. The maximum absolute atomic E-state index is 14.8. The molecular formula is C43H50Cl3N3O3S. The Bertz CT molecular complexity index is 1820. The maximum Gasteiger partial charge on any atom is 0.224 e. The molecule has 2 amide bonds. The van der Waals surface area contributed by atoms with Crippen LogP contribution in [0.4, 0.5) is 0 Å². The highest BCUT2D eigenvalue weighted by Crippen LogP contribution is 2.49. The average molecular weight is 795 g/mol. The lowest BCUT2D eigenvalue weighted by atomic mass is 9.81. The number of hydrogen-bond acceptors (Lipinski definition) is 4. The summed E-state index contributed by atoms with van der Waals surface area (Å²) in [7, 11) is 3.69. The number of carbonyl (C=O) groups is 2. The predicted octanol–water partition coefficient (Wildman–Crippen LogP) is 9.05. The SMILES string of the molecule is CC(C)C(=O)N(C)CC(CCN1CCC2(CC1)c1ccccc1C[S@+]2[O-])(c1ccc(Cl)c(Cl)c1)N(C)C(=O)CC(c1ccccc1)c1ccccc1.Cl. The van der Waals surface area contributed by atoms with Crippen molar-refractivity contribution in [1.29, 1.82) is 0 Å². The summed E-state index contributed by atoms with van der Waals surface area (Å²) < 4.78 is 13.3. The fourth-order valence-electron chi connectivity index (χ4n) is 8.30. The van der Waals surface area contributed by atoms with Crippen molar-refractivity contribution in [2.75, 3.05) is 40.3 Å². The van der Waals surface area contributed by atoms with Crippen LogP contribution in [0, 0.1) is 5.92 Å². The summed E-state index contributed by atoms with van der Waals surface area (Å²) >= 11 is 12.2. The third-order valence-corrected chi connectivity index (χ3v) is 14.2. The predicted molar refractivity (Wildman–Crippen MR) is 220 cm³/mol. The van der Waals surface area contributed by atoms with Crippen molar-refractivity contribution in [3.05, 3.63) is 141 Å². The van der Waals surface area contributed by atoms with Gasteiger partial charge in [0.25, 0.3) is 0 Å². The number of hydrogen-bond donors (Lipinski definition) is 0. The molecule has 1 saturated heterocycles. The van der Waals surface area contributed by atoms with Gasteiger partial charge in [0.15, 0.2) is 4.75 Å². The molecule has 1 fully saturated rings. The second kappa shape index (κ2) is 17.6. The first-order valence-corrected chi connectivity index (χ1v) is 20.3. The lowest BCUT2D eigenvalue weighted by Crippen LogP contribution is -2.56. The largest absolute Gasteiger partial charge is 0.615 e. The van der Waals surface area contributed by atoms with E-state index in [-0.39, 0.29) is 53.8 Å². The number of halogens is 3. The molecule has 1 spiro atoms. The van der Waals surface area contributed by atoms with Crippen LogP contribution in [-0.2, 0) is 36.8 Å². The van der Waals surface area contributed by atoms with Crippen molar-refractivity contribution in [2.45, 2.75) is 61.5 Å². The molecule has 53 heavy (non-hydrogen) atoms. The summed E-state index contributed by atoms with van der Waals surface area (Å²) in [6.07, 6.45) is 2.42. The third-order valence-electron chi connectivity index (χ3n) is 11.4. The zero-order chi connectivity index (χ0) is 37.0. The Morgan fingerprint density at radius 3 is 2.04 bits per heavy atom. The molecule has 0 N–H and O–H groups in total. The van der Waals surface area contributed by atoms with Crippen molar-refractivity contribution in [3.8, 4) is 0 Å². The van der Waals surface area contributed by atoms with Crippen LogP contribution in [0.15, 0.2) is 103 Å². The van der Waals surface area contributed by atoms with Crippen molar-refractivity contribution in [2.24, 2.45) is 5.92 Å². The fraction of sp³-hybridized carbons (Fsp3) is 0.395. The molecule has 1 unspecified atom stereocenters. The summed E-state index contributed by atoms with van der Waals surface area (Å²) in [5.74, 6) is 0.203. The van der Waals surface area contributed by atoms with E-state index in [4.69, 9.17) is 23.2 Å². The van der Waals surface area contributed by atoms with Crippen molar-refractivity contribution < 1.29 is 14.1 Å². The quantitative estimate of drug-likeness (QED) is 0.134. The maximum atomic E-state index is 14.8. The Morgan fingerprint density at radius 1 is 0.868 bits per heavy atom. The second-order valence-electron chi connectivity index (χ2n) is 14.8. The highest BCUT2D eigenvalue weighted by molar-refractivity contribution is 7.92. The van der Waals surface area contributed by atoms with Gasteiger partial charge < -0.3 is 19.3 Å². The van der Waals surface area contributed by atoms with E-state index in [9.17, 15) is 14.1 Å². The lowest BCUT2D eigenvalue weighted by Gasteiger charge is -2.47. The highest BCUT2D eigenvalue weighted by Gasteiger charge is 2.52. The molecule has 6 nitrogen and oxygen atoms in total. The van der Waals surface area contributed by atoms with Gasteiger partial charge in [-0.2, -0.15) is 0 Å². The van der Waals surface area contributed by atoms with Gasteiger partial charge in [0.05, 0.1) is 15.6 Å². The van der Waals surface area contributed by atoms with Gasteiger partial charge >= 0.3 is 0 Å². The zero-order valence-electron chi connectivity index (χ0n) is 31.0. The van der Waals surface area contributed by atoms with Gasteiger partial charge in [-0.1, -0.05) is 128 Å².